The minimum Gasteiger partial charge on any atom is -0.477 e. The molecule has 1 atom stereocenters. The molecule has 0 aliphatic heterocycles. The Bertz CT molecular complexity index is 780. The maximum atomic E-state index is 13.6. The lowest BCUT2D eigenvalue weighted by molar-refractivity contribution is 0.194. The van der Waals surface area contributed by atoms with E-state index in [1.54, 1.807) is 35.7 Å². The normalized spacial score (nSPS) is 12.6. The van der Waals surface area contributed by atoms with Crippen molar-refractivity contribution < 1.29 is 17.9 Å². The van der Waals surface area contributed by atoms with Crippen molar-refractivity contribution in [1.82, 2.24) is 14.6 Å². The Hall–Kier alpha value is -2.57. The third-order valence-corrected chi connectivity index (χ3v) is 2.96. The number of fused-ring (bicyclic) bond motifs is 1. The van der Waals surface area contributed by atoms with Gasteiger partial charge in [-0.15, -0.1) is 10.2 Å². The van der Waals surface area contributed by atoms with E-state index in [1.807, 2.05) is 0 Å². The minimum atomic E-state index is -1.10. The van der Waals surface area contributed by atoms with Crippen LogP contribution in [0.2, 0.25) is 0 Å². The number of nitrogens with zero attached hydrogens (tertiary/aromatic N) is 3. The number of benzene rings is 1. The van der Waals surface area contributed by atoms with Crippen LogP contribution < -0.4 is 4.74 Å². The molecule has 0 unspecified atom stereocenters. The van der Waals surface area contributed by atoms with E-state index in [1.165, 1.54) is 0 Å². The predicted molar refractivity (Wildman–Crippen MR) is 68.3 cm³/mol. The quantitative estimate of drug-likeness (QED) is 0.744. The SMILES string of the molecule is C[C@@H](Oc1c(F)cc(F)cc1F)c1nnc2ccccn12. The second kappa shape index (κ2) is 5.08. The van der Waals surface area contributed by atoms with Crippen LogP contribution in [0.3, 0.4) is 0 Å². The first-order chi connectivity index (χ1) is 10.1. The standard InChI is InChI=1S/C14H10F3N3O/c1-8(14-19-18-12-4-2-3-5-20(12)14)21-13-10(16)6-9(15)7-11(13)17/h2-8H,1H3/t8-/m1/s1. The van der Waals surface area contributed by atoms with Crippen molar-refractivity contribution in [2.75, 3.05) is 0 Å². The van der Waals surface area contributed by atoms with E-state index >= 15 is 0 Å². The molecule has 21 heavy (non-hydrogen) atoms. The van der Waals surface area contributed by atoms with Gasteiger partial charge in [0.05, 0.1) is 0 Å². The molecule has 4 nitrogen and oxygen atoms in total. The van der Waals surface area contributed by atoms with Crippen molar-refractivity contribution in [2.24, 2.45) is 0 Å². The number of rotatable bonds is 3. The van der Waals surface area contributed by atoms with Gasteiger partial charge in [-0.2, -0.15) is 0 Å². The number of ether oxygens (including phenoxy) is 1. The molecule has 0 amide bonds. The lowest BCUT2D eigenvalue weighted by Gasteiger charge is -2.14. The van der Waals surface area contributed by atoms with Crippen molar-refractivity contribution in [2.45, 2.75) is 13.0 Å². The Morgan fingerprint density at radius 1 is 1.10 bits per heavy atom. The van der Waals surface area contributed by atoms with Crippen molar-refractivity contribution in [1.29, 1.82) is 0 Å². The van der Waals surface area contributed by atoms with Crippen LogP contribution in [0.1, 0.15) is 18.9 Å². The summed E-state index contributed by atoms with van der Waals surface area (Å²) in [5, 5.41) is 7.86. The highest BCUT2D eigenvalue weighted by Crippen LogP contribution is 2.27. The fraction of sp³-hybridized carbons (Fsp3) is 0.143. The van der Waals surface area contributed by atoms with E-state index in [0.29, 0.717) is 23.6 Å². The first-order valence-electron chi connectivity index (χ1n) is 6.17. The molecule has 0 radical (unpaired) electrons. The van der Waals surface area contributed by atoms with E-state index in [-0.39, 0.29) is 0 Å². The molecule has 0 saturated carbocycles. The second-order valence-corrected chi connectivity index (χ2v) is 4.45. The van der Waals surface area contributed by atoms with Crippen LogP contribution in [0, 0.1) is 17.5 Å². The first kappa shape index (κ1) is 13.4. The topological polar surface area (TPSA) is 39.4 Å². The summed E-state index contributed by atoms with van der Waals surface area (Å²) in [7, 11) is 0. The molecule has 1 aromatic carbocycles. The summed E-state index contributed by atoms with van der Waals surface area (Å²) in [6.07, 6.45) is 0.943. The Kier molecular flexibility index (Phi) is 3.25. The number of aromatic nitrogens is 3. The zero-order chi connectivity index (χ0) is 15.0. The highest BCUT2D eigenvalue weighted by Gasteiger charge is 2.20. The molecular formula is C14H10F3N3O. The summed E-state index contributed by atoms with van der Waals surface area (Å²) in [5.41, 5.74) is 0.586. The molecule has 0 bridgehead atoms. The number of pyridine rings is 1. The van der Waals surface area contributed by atoms with Gasteiger partial charge in [0.1, 0.15) is 5.82 Å². The summed E-state index contributed by atoms with van der Waals surface area (Å²) in [6, 6.07) is 6.42. The number of hydrogen-bond acceptors (Lipinski definition) is 3. The highest BCUT2D eigenvalue weighted by atomic mass is 19.1. The average Bonchev–Trinajstić information content (AvgIpc) is 2.86. The Morgan fingerprint density at radius 2 is 1.81 bits per heavy atom. The van der Waals surface area contributed by atoms with Gasteiger partial charge in [0.25, 0.3) is 0 Å². The monoisotopic (exact) mass is 293 g/mol. The molecule has 3 aromatic rings. The third kappa shape index (κ3) is 2.42. The molecule has 2 aromatic heterocycles. The molecule has 108 valence electrons. The van der Waals surface area contributed by atoms with E-state index < -0.39 is 29.3 Å². The van der Waals surface area contributed by atoms with Crippen LogP contribution in [0.5, 0.6) is 5.75 Å². The lowest BCUT2D eigenvalue weighted by atomic mass is 10.3. The highest BCUT2D eigenvalue weighted by molar-refractivity contribution is 5.37. The number of halogens is 3. The van der Waals surface area contributed by atoms with Gasteiger partial charge in [0.15, 0.2) is 35.0 Å². The molecule has 0 saturated heterocycles. The number of hydrogen-bond donors (Lipinski definition) is 0. The van der Waals surface area contributed by atoms with Crippen LogP contribution in [0.15, 0.2) is 36.5 Å². The Labute approximate surface area is 117 Å². The zero-order valence-electron chi connectivity index (χ0n) is 10.9. The molecule has 2 heterocycles. The minimum absolute atomic E-state index is 0.383. The van der Waals surface area contributed by atoms with Gasteiger partial charge >= 0.3 is 0 Å². The predicted octanol–water partition coefficient (Wildman–Crippen LogP) is 3.29. The average molecular weight is 293 g/mol. The zero-order valence-corrected chi connectivity index (χ0v) is 10.9. The second-order valence-electron chi connectivity index (χ2n) is 4.45. The fourth-order valence-corrected chi connectivity index (χ4v) is 2.01. The summed E-state index contributed by atoms with van der Waals surface area (Å²) >= 11 is 0. The van der Waals surface area contributed by atoms with E-state index in [2.05, 4.69) is 10.2 Å². The first-order valence-corrected chi connectivity index (χ1v) is 6.17. The van der Waals surface area contributed by atoms with Gasteiger partial charge in [-0.25, -0.2) is 13.2 Å². The maximum Gasteiger partial charge on any atom is 0.191 e. The summed E-state index contributed by atoms with van der Waals surface area (Å²) in [5.74, 6) is -3.47. The van der Waals surface area contributed by atoms with Crippen molar-refractivity contribution >= 4 is 5.65 Å². The molecule has 0 aliphatic carbocycles. The van der Waals surface area contributed by atoms with Crippen LogP contribution in [0.25, 0.3) is 5.65 Å². The summed E-state index contributed by atoms with van der Waals surface area (Å²) in [4.78, 5) is 0. The summed E-state index contributed by atoms with van der Waals surface area (Å²) in [6.45, 7) is 1.58. The van der Waals surface area contributed by atoms with Crippen LogP contribution in [-0.4, -0.2) is 14.6 Å². The lowest BCUT2D eigenvalue weighted by Crippen LogP contribution is -2.10. The van der Waals surface area contributed by atoms with Crippen molar-refractivity contribution in [3.63, 3.8) is 0 Å². The molecular weight excluding hydrogens is 283 g/mol. The Balaban J connectivity index is 1.95. The molecule has 0 fully saturated rings. The van der Waals surface area contributed by atoms with Gasteiger partial charge in [-0.1, -0.05) is 6.07 Å². The third-order valence-electron chi connectivity index (χ3n) is 2.96. The van der Waals surface area contributed by atoms with Crippen molar-refractivity contribution in [3.8, 4) is 5.75 Å². The molecule has 3 rings (SSSR count). The van der Waals surface area contributed by atoms with E-state index in [0.717, 1.165) is 0 Å². The van der Waals surface area contributed by atoms with Gasteiger partial charge in [-0.3, -0.25) is 4.40 Å². The fourth-order valence-electron chi connectivity index (χ4n) is 2.01. The van der Waals surface area contributed by atoms with Crippen molar-refractivity contribution in [3.05, 3.63) is 59.8 Å². The van der Waals surface area contributed by atoms with Gasteiger partial charge in [-0.05, 0) is 19.1 Å². The molecule has 0 aliphatic rings. The molecule has 7 heteroatoms. The maximum absolute atomic E-state index is 13.6. The van der Waals surface area contributed by atoms with Gasteiger partial charge < -0.3 is 4.74 Å². The van der Waals surface area contributed by atoms with Gasteiger partial charge in [0, 0.05) is 18.3 Å². The van der Waals surface area contributed by atoms with E-state index in [4.69, 9.17) is 4.74 Å². The summed E-state index contributed by atoms with van der Waals surface area (Å²) < 4.78 is 46.9. The van der Waals surface area contributed by atoms with E-state index in [9.17, 15) is 13.2 Å². The molecule has 0 spiro atoms. The van der Waals surface area contributed by atoms with Crippen LogP contribution >= 0.6 is 0 Å². The van der Waals surface area contributed by atoms with Crippen LogP contribution in [-0.2, 0) is 0 Å². The largest absolute Gasteiger partial charge is 0.477 e. The molecule has 0 N–H and O–H groups in total. The Morgan fingerprint density at radius 3 is 2.52 bits per heavy atom. The smallest absolute Gasteiger partial charge is 0.191 e. The van der Waals surface area contributed by atoms with Gasteiger partial charge in [0.2, 0.25) is 0 Å². The van der Waals surface area contributed by atoms with Crippen LogP contribution in [0.4, 0.5) is 13.2 Å².